The van der Waals surface area contributed by atoms with Gasteiger partial charge in [0.05, 0.1) is 0 Å². The smallest absolute Gasteiger partial charge is 0.186 e. The summed E-state index contributed by atoms with van der Waals surface area (Å²) in [7, 11) is 1.94. The Morgan fingerprint density at radius 3 is 2.92 bits per heavy atom. The molecule has 0 amide bonds. The van der Waals surface area contributed by atoms with Crippen LogP contribution in [0.4, 0.5) is 5.82 Å². The Hall–Kier alpha value is -0.880. The molecule has 6 heteroatoms. The number of hydrogen-bond donors (Lipinski definition) is 3. The lowest BCUT2D eigenvalue weighted by Crippen LogP contribution is -2.21. The van der Waals surface area contributed by atoms with Crippen LogP contribution in [0.3, 0.4) is 0 Å². The highest BCUT2D eigenvalue weighted by Gasteiger charge is 2.04. The van der Waals surface area contributed by atoms with Gasteiger partial charge in [0.15, 0.2) is 10.5 Å². The van der Waals surface area contributed by atoms with Gasteiger partial charge in [0.2, 0.25) is 0 Å². The number of hydrogen-bond acceptors (Lipinski definition) is 4. The van der Waals surface area contributed by atoms with Gasteiger partial charge in [0, 0.05) is 13.6 Å². The molecule has 12 heavy (non-hydrogen) atoms. The average Bonchev–Trinajstić information content (AvgIpc) is 2.47. The Bertz CT molecular complexity index is 277. The number of H-pyrrole nitrogens is 2. The largest absolute Gasteiger partial charge is 0.356 e. The van der Waals surface area contributed by atoms with E-state index in [2.05, 4.69) is 15.4 Å². The minimum atomic E-state index is 0.634. The van der Waals surface area contributed by atoms with E-state index in [1.165, 1.54) is 0 Å². The predicted octanol–water partition coefficient (Wildman–Crippen LogP) is 0.252. The summed E-state index contributed by atoms with van der Waals surface area (Å²) in [6.07, 6.45) is 0.943. The Labute approximate surface area is 75.9 Å². The van der Waals surface area contributed by atoms with Crippen molar-refractivity contribution >= 4 is 18.0 Å². The highest BCUT2D eigenvalue weighted by atomic mass is 32.1. The van der Waals surface area contributed by atoms with E-state index in [4.69, 9.17) is 18.0 Å². The van der Waals surface area contributed by atoms with Gasteiger partial charge in [0.25, 0.3) is 0 Å². The van der Waals surface area contributed by atoms with Crippen molar-refractivity contribution in [1.82, 2.24) is 15.4 Å². The molecule has 0 unspecified atom stereocenters. The molecule has 0 saturated heterocycles. The van der Waals surface area contributed by atoms with Crippen LogP contribution in [0.25, 0.3) is 0 Å². The normalized spacial score (nSPS) is 10.2. The summed E-state index contributed by atoms with van der Waals surface area (Å²) < 4.78 is 0.634. The van der Waals surface area contributed by atoms with E-state index in [1.54, 1.807) is 0 Å². The highest BCUT2D eigenvalue weighted by molar-refractivity contribution is 7.71. The van der Waals surface area contributed by atoms with Crippen LogP contribution in [0, 0.1) is 4.64 Å². The molecule has 1 rings (SSSR count). The van der Waals surface area contributed by atoms with Crippen molar-refractivity contribution in [3.8, 4) is 0 Å². The van der Waals surface area contributed by atoms with Crippen LogP contribution < -0.4 is 10.6 Å². The van der Waals surface area contributed by atoms with Gasteiger partial charge in [-0.3, -0.25) is 5.10 Å². The lowest BCUT2D eigenvalue weighted by Gasteiger charge is -2.13. The summed E-state index contributed by atoms with van der Waals surface area (Å²) in [6.45, 7) is 1.56. The molecule has 0 aliphatic carbocycles. The zero-order valence-electron chi connectivity index (χ0n) is 7.00. The first-order chi connectivity index (χ1) is 5.75. The van der Waals surface area contributed by atoms with Crippen LogP contribution >= 0.6 is 12.2 Å². The summed E-state index contributed by atoms with van der Waals surface area (Å²) in [4.78, 5) is 1.97. The van der Waals surface area contributed by atoms with Gasteiger partial charge in [-0.2, -0.15) is 0 Å². The van der Waals surface area contributed by atoms with Gasteiger partial charge in [-0.15, -0.1) is 5.10 Å². The number of nitrogens with zero attached hydrogens (tertiary/aromatic N) is 2. The molecule has 4 N–H and O–H groups in total. The fourth-order valence-corrected chi connectivity index (χ4v) is 1.18. The van der Waals surface area contributed by atoms with Gasteiger partial charge in [-0.05, 0) is 13.0 Å². The van der Waals surface area contributed by atoms with Crippen LogP contribution in [0.15, 0.2) is 0 Å². The number of aromatic nitrogens is 3. The quantitative estimate of drug-likeness (QED) is 0.591. The van der Waals surface area contributed by atoms with Crippen molar-refractivity contribution < 1.29 is 0 Å². The second-order valence-corrected chi connectivity index (χ2v) is 2.97. The van der Waals surface area contributed by atoms with Gasteiger partial charge in [0.1, 0.15) is 0 Å². The molecular weight excluding hydrogens is 174 g/mol. The number of nitrogens with one attached hydrogen (secondary N) is 2. The lowest BCUT2D eigenvalue weighted by atomic mass is 10.4. The Balaban J connectivity index is 2.59. The monoisotopic (exact) mass is 187 g/mol. The van der Waals surface area contributed by atoms with Gasteiger partial charge in [-0.25, -0.2) is 5.21 Å². The molecular formula is C6H13N5S. The number of anilines is 1. The lowest BCUT2D eigenvalue weighted by molar-refractivity contribution is 0.783. The number of rotatable bonds is 4. The molecule has 1 heterocycles. The van der Waals surface area contributed by atoms with Crippen molar-refractivity contribution in [3.05, 3.63) is 4.64 Å². The zero-order valence-corrected chi connectivity index (χ0v) is 7.82. The van der Waals surface area contributed by atoms with Crippen molar-refractivity contribution in [2.45, 2.75) is 6.42 Å². The van der Waals surface area contributed by atoms with E-state index in [0.29, 0.717) is 11.2 Å². The Kier molecular flexibility index (Phi) is 3.24. The molecule has 0 aromatic carbocycles. The van der Waals surface area contributed by atoms with Crippen LogP contribution in [0.2, 0.25) is 0 Å². The first kappa shape index (κ1) is 9.21. The van der Waals surface area contributed by atoms with Crippen molar-refractivity contribution in [2.75, 3.05) is 25.0 Å². The number of aromatic amines is 2. The third-order valence-corrected chi connectivity index (χ3v) is 1.88. The maximum absolute atomic E-state index is 5.38. The summed E-state index contributed by atoms with van der Waals surface area (Å²) in [5.74, 6) is 0.776. The maximum Gasteiger partial charge on any atom is 0.186 e. The zero-order chi connectivity index (χ0) is 8.97. The van der Waals surface area contributed by atoms with Crippen molar-refractivity contribution in [3.63, 3.8) is 0 Å². The summed E-state index contributed by atoms with van der Waals surface area (Å²) in [6, 6.07) is 0. The van der Waals surface area contributed by atoms with Gasteiger partial charge >= 0.3 is 0 Å². The molecule has 0 radical (unpaired) electrons. The second kappa shape index (κ2) is 4.22. The third kappa shape index (κ3) is 2.05. The Morgan fingerprint density at radius 1 is 1.67 bits per heavy atom. The second-order valence-electron chi connectivity index (χ2n) is 2.57. The summed E-state index contributed by atoms with van der Waals surface area (Å²) in [5.41, 5.74) is 5.38. The standard InChI is InChI=1S/C6H13N5S/c1-11(4-2-3-7)5-6(12)9-10-8-5/h2-4,7H2,1H3,(H2,8,9,10,12). The van der Waals surface area contributed by atoms with Crippen LogP contribution in [-0.4, -0.2) is 35.5 Å². The molecule has 5 nitrogen and oxygen atoms in total. The fourth-order valence-electron chi connectivity index (χ4n) is 0.931. The average molecular weight is 187 g/mol. The molecule has 68 valence electrons. The van der Waals surface area contributed by atoms with Crippen molar-refractivity contribution in [2.24, 2.45) is 5.73 Å². The number of nitrogens with two attached hydrogens (primary N) is 1. The maximum atomic E-state index is 5.38. The van der Waals surface area contributed by atoms with Gasteiger partial charge in [-0.1, -0.05) is 12.2 Å². The van der Waals surface area contributed by atoms with Crippen LogP contribution in [-0.2, 0) is 0 Å². The molecule has 0 aliphatic rings. The molecule has 0 spiro atoms. The molecule has 0 aliphatic heterocycles. The van der Waals surface area contributed by atoms with E-state index < -0.39 is 0 Å². The SMILES string of the molecule is CN(CCCN)c1n[nH][nH]c1=S. The molecule has 0 saturated carbocycles. The van der Waals surface area contributed by atoms with E-state index in [9.17, 15) is 0 Å². The van der Waals surface area contributed by atoms with Crippen molar-refractivity contribution in [1.29, 1.82) is 0 Å². The van der Waals surface area contributed by atoms with Gasteiger partial charge < -0.3 is 10.6 Å². The predicted molar refractivity (Wildman–Crippen MR) is 50.7 cm³/mol. The molecule has 0 fully saturated rings. The van der Waals surface area contributed by atoms with E-state index >= 15 is 0 Å². The van der Waals surface area contributed by atoms with Crippen LogP contribution in [0.5, 0.6) is 0 Å². The topological polar surface area (TPSA) is 73.7 Å². The first-order valence-corrected chi connectivity index (χ1v) is 4.20. The first-order valence-electron chi connectivity index (χ1n) is 3.80. The Morgan fingerprint density at radius 2 is 2.42 bits per heavy atom. The minimum Gasteiger partial charge on any atom is -0.356 e. The molecule has 0 bridgehead atoms. The van der Waals surface area contributed by atoms with E-state index in [-0.39, 0.29) is 0 Å². The summed E-state index contributed by atoms with van der Waals surface area (Å²) >= 11 is 4.99. The highest BCUT2D eigenvalue weighted by Crippen LogP contribution is 2.06. The minimum absolute atomic E-state index is 0.634. The van der Waals surface area contributed by atoms with E-state index in [0.717, 1.165) is 18.8 Å². The van der Waals surface area contributed by atoms with Crippen LogP contribution in [0.1, 0.15) is 6.42 Å². The fraction of sp³-hybridized carbons (Fsp3) is 0.667. The molecule has 1 aromatic heterocycles. The molecule has 1 aromatic rings. The summed E-state index contributed by atoms with van der Waals surface area (Å²) in [5, 5.41) is 9.30. The molecule has 0 atom stereocenters. The third-order valence-electron chi connectivity index (χ3n) is 1.59. The van der Waals surface area contributed by atoms with E-state index in [1.807, 2.05) is 11.9 Å².